The van der Waals surface area contributed by atoms with Gasteiger partial charge in [0.2, 0.25) is 0 Å². The number of nitrogens with one attached hydrogen (secondary N) is 2. The Balaban J connectivity index is 0.000000685. The minimum absolute atomic E-state index is 0.0327. The highest BCUT2D eigenvalue weighted by molar-refractivity contribution is 5.94. The number of ether oxygens (including phenoxy) is 2. The van der Waals surface area contributed by atoms with Crippen molar-refractivity contribution in [3.63, 3.8) is 0 Å². The quantitative estimate of drug-likeness (QED) is 0.139. The zero-order chi connectivity index (χ0) is 36.3. The van der Waals surface area contributed by atoms with Gasteiger partial charge in [-0.2, -0.15) is 0 Å². The maximum atomic E-state index is 12.5. The summed E-state index contributed by atoms with van der Waals surface area (Å²) in [5.41, 5.74) is 4.46. The number of amides is 1. The summed E-state index contributed by atoms with van der Waals surface area (Å²) < 4.78 is 46.2. The van der Waals surface area contributed by atoms with Crippen molar-refractivity contribution >= 4 is 18.2 Å². The molecule has 2 atom stereocenters. The van der Waals surface area contributed by atoms with Crippen molar-refractivity contribution in [3.05, 3.63) is 101 Å². The smallest absolute Gasteiger partial charge is 0.466 e. The Morgan fingerprint density at radius 2 is 1.42 bits per heavy atom. The molecule has 0 fully saturated rings. The molecule has 3 rings (SSSR count). The highest BCUT2D eigenvalue weighted by Crippen LogP contribution is 2.36. The Bertz CT molecular complexity index is 1370. The number of carbonyl (C=O) groups is 3. The highest BCUT2D eigenvalue weighted by atomic mass is 19.4. The number of benzene rings is 3. The van der Waals surface area contributed by atoms with E-state index in [0.29, 0.717) is 12.2 Å². The highest BCUT2D eigenvalue weighted by Gasteiger charge is 2.31. The summed E-state index contributed by atoms with van der Waals surface area (Å²) in [5.74, 6) is -0.883. The first-order chi connectivity index (χ1) is 22.7. The van der Waals surface area contributed by atoms with E-state index in [1.54, 1.807) is 38.2 Å². The molecule has 0 heterocycles. The number of likely N-dealkylation sites (N-methyl/N-ethyl adjacent to an activating group) is 1. The van der Waals surface area contributed by atoms with Gasteiger partial charge in [0, 0.05) is 29.6 Å². The molecule has 0 bridgehead atoms. The summed E-state index contributed by atoms with van der Waals surface area (Å²) >= 11 is 0. The second kappa shape index (κ2) is 20.9. The van der Waals surface area contributed by atoms with Crippen LogP contribution in [0.15, 0.2) is 72.8 Å². The van der Waals surface area contributed by atoms with Crippen molar-refractivity contribution in [1.82, 2.24) is 10.6 Å². The molecule has 48 heavy (non-hydrogen) atoms. The fraction of sp³-hybridized carbons (Fsp3) is 0.447. The molecule has 0 radical (unpaired) electrons. The van der Waals surface area contributed by atoms with E-state index in [4.69, 9.17) is 4.74 Å². The number of alkyl halides is 3. The number of hydrogen-bond acceptors (Lipinski definition) is 6. The van der Waals surface area contributed by atoms with Crippen molar-refractivity contribution in [2.24, 2.45) is 0 Å². The third-order valence-corrected chi connectivity index (χ3v) is 7.22. The Labute approximate surface area is 283 Å². The zero-order valence-electron chi connectivity index (χ0n) is 29.4. The molecule has 0 saturated heterocycles. The van der Waals surface area contributed by atoms with Crippen molar-refractivity contribution in [3.8, 4) is 5.75 Å². The van der Waals surface area contributed by atoms with Crippen LogP contribution in [0.1, 0.15) is 117 Å². The summed E-state index contributed by atoms with van der Waals surface area (Å²) in [4.78, 5) is 34.1. The minimum atomic E-state index is -4.73. The van der Waals surface area contributed by atoms with Gasteiger partial charge in [-0.1, -0.05) is 96.5 Å². The maximum Gasteiger partial charge on any atom is 0.573 e. The standard InChI is InChI=1S/C25H31F3N2O4.C11H14O.C2H6/c1-4-6-21(23(29-3)18-11-13-20(14-12-18)34-25(26,27)28)17-7-9-19(10-8-17)24(32)30-16-15-22(31)33-5-2;1-11(2,3)10-6-4-9(8-12)5-7-10;1-2/h7-14,21,23,29H,4-6,15-16H2,1-3H3,(H,30,32);4-8H,1-3H3;1-2H3. The molecule has 3 aromatic carbocycles. The lowest BCUT2D eigenvalue weighted by molar-refractivity contribution is -0.274. The van der Waals surface area contributed by atoms with Crippen molar-refractivity contribution in [2.75, 3.05) is 20.2 Å². The summed E-state index contributed by atoms with van der Waals surface area (Å²) in [6, 6.07) is 20.6. The lowest BCUT2D eigenvalue weighted by Gasteiger charge is -2.28. The molecule has 0 aliphatic heterocycles. The van der Waals surface area contributed by atoms with Crippen LogP contribution in [-0.2, 0) is 14.9 Å². The van der Waals surface area contributed by atoms with Crippen LogP contribution in [0.4, 0.5) is 13.2 Å². The van der Waals surface area contributed by atoms with Gasteiger partial charge in [0.1, 0.15) is 12.0 Å². The fourth-order valence-corrected chi connectivity index (χ4v) is 4.87. The molecular formula is C38H51F3N2O5. The van der Waals surface area contributed by atoms with Crippen molar-refractivity contribution in [2.45, 2.75) is 91.5 Å². The predicted molar refractivity (Wildman–Crippen MR) is 184 cm³/mol. The van der Waals surface area contributed by atoms with E-state index < -0.39 is 6.36 Å². The van der Waals surface area contributed by atoms with Crippen molar-refractivity contribution < 1.29 is 37.0 Å². The number of aldehydes is 1. The SMILES string of the molecule is CC.CC(C)(C)c1ccc(C=O)cc1.CCCC(c1ccc(C(=O)NCCC(=O)OCC)cc1)C(NC)c1ccc(OC(F)(F)F)cc1. The molecule has 0 aliphatic rings. The van der Waals surface area contributed by atoms with E-state index in [2.05, 4.69) is 43.1 Å². The molecule has 7 nitrogen and oxygen atoms in total. The number of rotatable bonds is 13. The Morgan fingerprint density at radius 3 is 1.88 bits per heavy atom. The van der Waals surface area contributed by atoms with Crippen LogP contribution in [0.5, 0.6) is 5.75 Å². The normalized spacial score (nSPS) is 12.2. The number of halogens is 3. The Hall–Kier alpha value is -4.18. The second-order valence-corrected chi connectivity index (χ2v) is 11.7. The first-order valence-electron chi connectivity index (χ1n) is 16.3. The predicted octanol–water partition coefficient (Wildman–Crippen LogP) is 8.94. The van der Waals surface area contributed by atoms with Gasteiger partial charge in [-0.3, -0.25) is 14.4 Å². The summed E-state index contributed by atoms with van der Waals surface area (Å²) in [6.07, 6.45) is -2.04. The van der Waals surface area contributed by atoms with Crippen LogP contribution < -0.4 is 15.4 Å². The van der Waals surface area contributed by atoms with E-state index in [-0.39, 0.29) is 48.0 Å². The van der Waals surface area contributed by atoms with Crippen LogP contribution in [0.3, 0.4) is 0 Å². The third-order valence-electron chi connectivity index (χ3n) is 7.22. The second-order valence-electron chi connectivity index (χ2n) is 11.7. The number of carbonyl (C=O) groups excluding carboxylic acids is 3. The largest absolute Gasteiger partial charge is 0.573 e. The topological polar surface area (TPSA) is 93.7 Å². The minimum Gasteiger partial charge on any atom is -0.466 e. The molecule has 0 aromatic heterocycles. The van der Waals surface area contributed by atoms with Gasteiger partial charge in [-0.05, 0) is 66.8 Å². The average Bonchev–Trinajstić information content (AvgIpc) is 3.06. The van der Waals surface area contributed by atoms with Crippen LogP contribution >= 0.6 is 0 Å². The van der Waals surface area contributed by atoms with Gasteiger partial charge in [0.15, 0.2) is 0 Å². The summed E-state index contributed by atoms with van der Waals surface area (Å²) in [5, 5.41) is 5.97. The molecule has 3 aromatic rings. The van der Waals surface area contributed by atoms with Gasteiger partial charge in [0.05, 0.1) is 13.0 Å². The summed E-state index contributed by atoms with van der Waals surface area (Å²) in [7, 11) is 1.80. The monoisotopic (exact) mass is 672 g/mol. The summed E-state index contributed by atoms with van der Waals surface area (Å²) in [6.45, 7) is 14.7. The number of esters is 1. The fourth-order valence-electron chi connectivity index (χ4n) is 4.87. The molecule has 10 heteroatoms. The van der Waals surface area contributed by atoms with E-state index in [9.17, 15) is 27.6 Å². The van der Waals surface area contributed by atoms with Crippen LogP contribution in [0.2, 0.25) is 0 Å². The Kier molecular flexibility index (Phi) is 18.2. The first-order valence-corrected chi connectivity index (χ1v) is 16.3. The first kappa shape index (κ1) is 41.8. The van der Waals surface area contributed by atoms with Crippen molar-refractivity contribution in [1.29, 1.82) is 0 Å². The van der Waals surface area contributed by atoms with E-state index >= 15 is 0 Å². The van der Waals surface area contributed by atoms with Crippen LogP contribution in [-0.4, -0.2) is 44.7 Å². The molecule has 0 saturated carbocycles. The van der Waals surface area contributed by atoms with E-state index in [0.717, 1.165) is 35.8 Å². The zero-order valence-corrected chi connectivity index (χ0v) is 29.4. The van der Waals surface area contributed by atoms with Gasteiger partial charge >= 0.3 is 12.3 Å². The van der Waals surface area contributed by atoms with Gasteiger partial charge < -0.3 is 20.1 Å². The van der Waals surface area contributed by atoms with E-state index in [1.165, 1.54) is 17.7 Å². The van der Waals surface area contributed by atoms with Crippen LogP contribution in [0, 0.1) is 0 Å². The molecule has 264 valence electrons. The van der Waals surface area contributed by atoms with Gasteiger partial charge in [-0.25, -0.2) is 0 Å². The average molecular weight is 673 g/mol. The van der Waals surface area contributed by atoms with E-state index in [1.807, 2.05) is 50.2 Å². The Morgan fingerprint density at radius 1 is 0.854 bits per heavy atom. The lowest BCUT2D eigenvalue weighted by Crippen LogP contribution is -2.27. The molecule has 1 amide bonds. The molecule has 2 unspecified atom stereocenters. The molecule has 2 N–H and O–H groups in total. The molecule has 0 aliphatic carbocycles. The van der Waals surface area contributed by atoms with Gasteiger partial charge in [0.25, 0.3) is 5.91 Å². The number of hydrogen-bond donors (Lipinski definition) is 2. The third kappa shape index (κ3) is 14.7. The molecular weight excluding hydrogens is 621 g/mol. The maximum absolute atomic E-state index is 12.5. The van der Waals surface area contributed by atoms with Crippen LogP contribution in [0.25, 0.3) is 0 Å². The molecule has 0 spiro atoms. The van der Waals surface area contributed by atoms with Gasteiger partial charge in [-0.15, -0.1) is 13.2 Å². The lowest BCUT2D eigenvalue weighted by atomic mass is 9.83.